The highest BCUT2D eigenvalue weighted by atomic mass is 19.1. The van der Waals surface area contributed by atoms with Crippen molar-refractivity contribution in [2.75, 3.05) is 20.3 Å². The van der Waals surface area contributed by atoms with Gasteiger partial charge in [-0.2, -0.15) is 0 Å². The zero-order valence-corrected chi connectivity index (χ0v) is 10.0. The van der Waals surface area contributed by atoms with Crippen LogP contribution in [0.1, 0.15) is 19.4 Å². The van der Waals surface area contributed by atoms with E-state index < -0.39 is 0 Å². The molecule has 2 nitrogen and oxygen atoms in total. The maximum Gasteiger partial charge on any atom is 0.123 e. The summed E-state index contributed by atoms with van der Waals surface area (Å²) in [5.41, 5.74) is 1.03. The van der Waals surface area contributed by atoms with Crippen LogP contribution in [0.5, 0.6) is 0 Å². The quantitative estimate of drug-likeness (QED) is 0.847. The molecule has 16 heavy (non-hydrogen) atoms. The summed E-state index contributed by atoms with van der Waals surface area (Å²) in [6.07, 6.45) is 0. The Morgan fingerprint density at radius 1 is 1.25 bits per heavy atom. The fraction of sp³-hybridized carbons (Fsp3) is 0.538. The predicted molar refractivity (Wildman–Crippen MR) is 62.0 cm³/mol. The second kappa shape index (κ2) is 3.82. The molecule has 0 radical (unpaired) electrons. The number of hydrogen-bond acceptors (Lipinski definition) is 2. The van der Waals surface area contributed by atoms with Gasteiger partial charge in [0.2, 0.25) is 0 Å². The number of rotatable bonds is 3. The van der Waals surface area contributed by atoms with Crippen molar-refractivity contribution in [3.05, 3.63) is 35.6 Å². The Kier molecular flexibility index (Phi) is 2.76. The van der Waals surface area contributed by atoms with Crippen molar-refractivity contribution in [1.29, 1.82) is 0 Å². The molecule has 1 saturated heterocycles. The van der Waals surface area contributed by atoms with Crippen LogP contribution in [0.25, 0.3) is 0 Å². The smallest absolute Gasteiger partial charge is 0.123 e. The molecular weight excluding hydrogens is 205 g/mol. The average molecular weight is 223 g/mol. The molecule has 1 aliphatic heterocycles. The number of nitrogens with one attached hydrogen (secondary N) is 1. The fourth-order valence-corrected chi connectivity index (χ4v) is 2.20. The highest BCUT2D eigenvalue weighted by molar-refractivity contribution is 5.33. The zero-order valence-electron chi connectivity index (χ0n) is 10.0. The van der Waals surface area contributed by atoms with Gasteiger partial charge >= 0.3 is 0 Å². The monoisotopic (exact) mass is 223 g/mol. The van der Waals surface area contributed by atoms with Gasteiger partial charge in [0.1, 0.15) is 5.82 Å². The second-order valence-electron chi connectivity index (χ2n) is 4.96. The Morgan fingerprint density at radius 3 is 2.19 bits per heavy atom. The van der Waals surface area contributed by atoms with Crippen LogP contribution in [-0.2, 0) is 10.2 Å². The second-order valence-corrected chi connectivity index (χ2v) is 4.96. The van der Waals surface area contributed by atoms with Crippen LogP contribution >= 0.6 is 0 Å². The lowest BCUT2D eigenvalue weighted by Gasteiger charge is -2.52. The first-order valence-corrected chi connectivity index (χ1v) is 5.54. The molecule has 0 atom stereocenters. The van der Waals surface area contributed by atoms with Crippen molar-refractivity contribution >= 4 is 0 Å². The Labute approximate surface area is 95.8 Å². The van der Waals surface area contributed by atoms with Crippen molar-refractivity contribution in [3.8, 4) is 0 Å². The number of ether oxygens (including phenoxy) is 1. The summed E-state index contributed by atoms with van der Waals surface area (Å²) in [5.74, 6) is -0.193. The summed E-state index contributed by atoms with van der Waals surface area (Å²) < 4.78 is 18.3. The van der Waals surface area contributed by atoms with E-state index >= 15 is 0 Å². The number of likely N-dealkylation sites (N-methyl/N-ethyl adjacent to an activating group) is 1. The number of benzene rings is 1. The van der Waals surface area contributed by atoms with E-state index in [0.29, 0.717) is 13.2 Å². The van der Waals surface area contributed by atoms with E-state index in [1.54, 1.807) is 0 Å². The van der Waals surface area contributed by atoms with Gasteiger partial charge in [0.05, 0.1) is 18.6 Å². The first-order valence-electron chi connectivity index (χ1n) is 5.54. The molecule has 0 amide bonds. The van der Waals surface area contributed by atoms with Gasteiger partial charge in [-0.05, 0) is 38.6 Å². The first kappa shape index (κ1) is 11.6. The summed E-state index contributed by atoms with van der Waals surface area (Å²) in [6.45, 7) is 5.68. The van der Waals surface area contributed by atoms with Crippen molar-refractivity contribution in [2.24, 2.45) is 0 Å². The lowest BCUT2D eigenvalue weighted by Crippen LogP contribution is -2.65. The van der Waals surface area contributed by atoms with E-state index in [9.17, 15) is 4.39 Å². The number of hydrogen-bond donors (Lipinski definition) is 1. The van der Waals surface area contributed by atoms with Crippen molar-refractivity contribution in [1.82, 2.24) is 5.32 Å². The van der Waals surface area contributed by atoms with Gasteiger partial charge in [0, 0.05) is 5.54 Å². The van der Waals surface area contributed by atoms with Gasteiger partial charge in [0.25, 0.3) is 0 Å². The maximum absolute atomic E-state index is 12.9. The molecule has 0 unspecified atom stereocenters. The van der Waals surface area contributed by atoms with Crippen LogP contribution in [0.2, 0.25) is 0 Å². The normalized spacial score (nSPS) is 19.2. The van der Waals surface area contributed by atoms with Gasteiger partial charge in [-0.25, -0.2) is 4.39 Å². The molecule has 3 heteroatoms. The molecule has 2 rings (SSSR count). The molecule has 0 aliphatic carbocycles. The minimum absolute atomic E-state index is 0.0462. The highest BCUT2D eigenvalue weighted by Crippen LogP contribution is 2.41. The average Bonchev–Trinajstić information content (AvgIpc) is 2.19. The van der Waals surface area contributed by atoms with E-state index in [-0.39, 0.29) is 16.8 Å². The first-order chi connectivity index (χ1) is 7.52. The minimum Gasteiger partial charge on any atom is -0.379 e. The molecule has 0 bridgehead atoms. The van der Waals surface area contributed by atoms with Gasteiger partial charge in [-0.3, -0.25) is 0 Å². The van der Waals surface area contributed by atoms with Crippen molar-refractivity contribution < 1.29 is 9.13 Å². The lowest BCUT2D eigenvalue weighted by molar-refractivity contribution is -0.0991. The summed E-state index contributed by atoms with van der Waals surface area (Å²) in [7, 11) is 1.95. The fourth-order valence-electron chi connectivity index (χ4n) is 2.20. The molecule has 1 aromatic carbocycles. The molecule has 1 aliphatic rings. The Morgan fingerprint density at radius 2 is 1.81 bits per heavy atom. The standard InChI is InChI=1S/C13H18FNO/c1-12(2,15-3)13(8-16-9-13)10-4-6-11(14)7-5-10/h4-7,15H,8-9H2,1-3H3. The molecule has 1 fully saturated rings. The van der Waals surface area contributed by atoms with Crippen LogP contribution in [-0.4, -0.2) is 25.8 Å². The van der Waals surface area contributed by atoms with Gasteiger partial charge in [0.15, 0.2) is 0 Å². The zero-order chi connectivity index (χ0) is 11.8. The van der Waals surface area contributed by atoms with E-state index in [0.717, 1.165) is 5.56 Å². The summed E-state index contributed by atoms with van der Waals surface area (Å²) in [5, 5.41) is 3.32. The van der Waals surface area contributed by atoms with Crippen molar-refractivity contribution in [2.45, 2.75) is 24.8 Å². The number of halogens is 1. The van der Waals surface area contributed by atoms with Crippen LogP contribution in [0, 0.1) is 5.82 Å². The molecule has 0 spiro atoms. The largest absolute Gasteiger partial charge is 0.379 e. The Bertz CT molecular complexity index is 368. The van der Waals surface area contributed by atoms with Crippen LogP contribution in [0.3, 0.4) is 0 Å². The van der Waals surface area contributed by atoms with Crippen LogP contribution in [0.4, 0.5) is 4.39 Å². The van der Waals surface area contributed by atoms with Gasteiger partial charge < -0.3 is 10.1 Å². The third kappa shape index (κ3) is 1.55. The van der Waals surface area contributed by atoms with Crippen molar-refractivity contribution in [3.63, 3.8) is 0 Å². The summed E-state index contributed by atoms with van der Waals surface area (Å²) in [4.78, 5) is 0. The highest BCUT2D eigenvalue weighted by Gasteiger charge is 2.51. The van der Waals surface area contributed by atoms with Gasteiger partial charge in [-0.15, -0.1) is 0 Å². The third-order valence-corrected chi connectivity index (χ3v) is 3.92. The van der Waals surface area contributed by atoms with E-state index in [1.807, 2.05) is 19.2 Å². The lowest BCUT2D eigenvalue weighted by atomic mass is 9.65. The minimum atomic E-state index is -0.193. The van der Waals surface area contributed by atoms with Gasteiger partial charge in [-0.1, -0.05) is 12.1 Å². The Balaban J connectivity index is 2.39. The molecular formula is C13H18FNO. The SMILES string of the molecule is CNC(C)(C)C1(c2ccc(F)cc2)COC1. The van der Waals surface area contributed by atoms with E-state index in [1.165, 1.54) is 12.1 Å². The summed E-state index contributed by atoms with van der Waals surface area (Å²) in [6, 6.07) is 6.75. The molecule has 1 aromatic rings. The maximum atomic E-state index is 12.9. The molecule has 1 N–H and O–H groups in total. The molecule has 0 aromatic heterocycles. The molecule has 1 heterocycles. The van der Waals surface area contributed by atoms with Crippen LogP contribution < -0.4 is 5.32 Å². The van der Waals surface area contributed by atoms with E-state index in [4.69, 9.17) is 4.74 Å². The Hall–Kier alpha value is -0.930. The molecule has 0 saturated carbocycles. The topological polar surface area (TPSA) is 21.3 Å². The predicted octanol–water partition coefficient (Wildman–Crippen LogP) is 2.09. The van der Waals surface area contributed by atoms with Crippen LogP contribution in [0.15, 0.2) is 24.3 Å². The molecule has 88 valence electrons. The van der Waals surface area contributed by atoms with E-state index in [2.05, 4.69) is 19.2 Å². The summed E-state index contributed by atoms with van der Waals surface area (Å²) >= 11 is 0. The third-order valence-electron chi connectivity index (χ3n) is 3.92.